The molecule has 1 rings (SSSR count). The highest BCUT2D eigenvalue weighted by Crippen LogP contribution is 2.18. The molecule has 5 heteroatoms. The van der Waals surface area contributed by atoms with Crippen LogP contribution >= 0.6 is 0 Å². The van der Waals surface area contributed by atoms with Crippen LogP contribution in [-0.2, 0) is 9.47 Å². The van der Waals surface area contributed by atoms with Gasteiger partial charge in [0.2, 0.25) is 0 Å². The minimum atomic E-state index is -0.478. The monoisotopic (exact) mass is 230 g/mol. The fourth-order valence-electron chi connectivity index (χ4n) is 1.50. The van der Waals surface area contributed by atoms with Gasteiger partial charge in [-0.25, -0.2) is 4.79 Å². The molecule has 0 saturated carbocycles. The van der Waals surface area contributed by atoms with E-state index in [4.69, 9.17) is 15.2 Å². The molecule has 1 aliphatic heterocycles. The first-order chi connectivity index (χ1) is 7.35. The van der Waals surface area contributed by atoms with Crippen molar-refractivity contribution in [2.45, 2.75) is 45.4 Å². The van der Waals surface area contributed by atoms with E-state index in [1.54, 1.807) is 4.90 Å². The summed E-state index contributed by atoms with van der Waals surface area (Å²) in [5, 5.41) is 0. The van der Waals surface area contributed by atoms with E-state index in [-0.39, 0.29) is 18.2 Å². The standard InChI is InChI=1S/C11H22N2O3/c1-8(5-12)13(9-6-15-7-9)10(14)16-11(2,3)4/h8-9H,5-7,12H2,1-4H3. The van der Waals surface area contributed by atoms with Gasteiger partial charge in [-0.2, -0.15) is 0 Å². The Morgan fingerprint density at radius 3 is 2.44 bits per heavy atom. The molecule has 1 saturated heterocycles. The van der Waals surface area contributed by atoms with Crippen LogP contribution in [0.4, 0.5) is 4.79 Å². The fourth-order valence-corrected chi connectivity index (χ4v) is 1.50. The van der Waals surface area contributed by atoms with E-state index >= 15 is 0 Å². The second kappa shape index (κ2) is 5.01. The Balaban J connectivity index is 2.64. The number of nitrogens with two attached hydrogens (primary N) is 1. The zero-order chi connectivity index (χ0) is 12.3. The van der Waals surface area contributed by atoms with Crippen molar-refractivity contribution in [1.82, 2.24) is 4.90 Å². The summed E-state index contributed by atoms with van der Waals surface area (Å²) in [6.07, 6.45) is -0.307. The molecule has 5 nitrogen and oxygen atoms in total. The third-order valence-electron chi connectivity index (χ3n) is 2.43. The normalized spacial score (nSPS) is 18.8. The van der Waals surface area contributed by atoms with Crippen molar-refractivity contribution in [3.05, 3.63) is 0 Å². The van der Waals surface area contributed by atoms with Crippen molar-refractivity contribution in [2.75, 3.05) is 19.8 Å². The molecule has 1 unspecified atom stereocenters. The molecule has 1 amide bonds. The number of carbonyl (C=O) groups excluding carboxylic acids is 1. The summed E-state index contributed by atoms with van der Waals surface area (Å²) in [7, 11) is 0. The number of rotatable bonds is 3. The van der Waals surface area contributed by atoms with Gasteiger partial charge in [-0.1, -0.05) is 0 Å². The zero-order valence-electron chi connectivity index (χ0n) is 10.5. The number of hydrogen-bond donors (Lipinski definition) is 1. The number of hydrogen-bond acceptors (Lipinski definition) is 4. The van der Waals surface area contributed by atoms with E-state index in [0.717, 1.165) is 0 Å². The molecule has 1 atom stereocenters. The van der Waals surface area contributed by atoms with E-state index in [9.17, 15) is 4.79 Å². The summed E-state index contributed by atoms with van der Waals surface area (Å²) in [5.41, 5.74) is 5.12. The summed E-state index contributed by atoms with van der Waals surface area (Å²) in [6, 6.07) is 0.0807. The molecule has 2 N–H and O–H groups in total. The Bertz CT molecular complexity index is 241. The van der Waals surface area contributed by atoms with Gasteiger partial charge >= 0.3 is 6.09 Å². The molecule has 0 aromatic carbocycles. The Kier molecular flexibility index (Phi) is 4.15. The first kappa shape index (κ1) is 13.3. The van der Waals surface area contributed by atoms with Gasteiger partial charge in [0.1, 0.15) is 5.60 Å². The Morgan fingerprint density at radius 2 is 2.12 bits per heavy atom. The smallest absolute Gasteiger partial charge is 0.410 e. The van der Waals surface area contributed by atoms with Crippen LogP contribution in [0.25, 0.3) is 0 Å². The van der Waals surface area contributed by atoms with Crippen LogP contribution in [0.5, 0.6) is 0 Å². The van der Waals surface area contributed by atoms with Crippen LogP contribution in [0.1, 0.15) is 27.7 Å². The molecule has 0 aliphatic carbocycles. The van der Waals surface area contributed by atoms with Crippen molar-refractivity contribution in [3.63, 3.8) is 0 Å². The molecule has 0 bridgehead atoms. The van der Waals surface area contributed by atoms with Crippen molar-refractivity contribution in [1.29, 1.82) is 0 Å². The molecule has 1 fully saturated rings. The first-order valence-corrected chi connectivity index (χ1v) is 5.64. The molecular formula is C11H22N2O3. The summed E-state index contributed by atoms with van der Waals surface area (Å²) >= 11 is 0. The maximum atomic E-state index is 12.0. The van der Waals surface area contributed by atoms with Crippen molar-refractivity contribution in [3.8, 4) is 0 Å². The SMILES string of the molecule is CC(CN)N(C(=O)OC(C)(C)C)C1COC1. The lowest BCUT2D eigenvalue weighted by molar-refractivity contribution is -0.0799. The molecule has 0 spiro atoms. The van der Waals surface area contributed by atoms with Gasteiger partial charge < -0.3 is 15.2 Å². The second-order valence-electron chi connectivity index (χ2n) is 5.16. The van der Waals surface area contributed by atoms with Crippen LogP contribution in [-0.4, -0.2) is 48.4 Å². The van der Waals surface area contributed by atoms with E-state index in [2.05, 4.69) is 0 Å². The highest BCUT2D eigenvalue weighted by atomic mass is 16.6. The number of ether oxygens (including phenoxy) is 2. The minimum Gasteiger partial charge on any atom is -0.444 e. The lowest BCUT2D eigenvalue weighted by atomic mass is 10.1. The van der Waals surface area contributed by atoms with Crippen LogP contribution < -0.4 is 5.73 Å². The lowest BCUT2D eigenvalue weighted by Crippen LogP contribution is -2.57. The summed E-state index contributed by atoms with van der Waals surface area (Å²) < 4.78 is 10.5. The molecule has 0 aromatic rings. The minimum absolute atomic E-state index is 0.0243. The zero-order valence-corrected chi connectivity index (χ0v) is 10.5. The van der Waals surface area contributed by atoms with Crippen molar-refractivity contribution in [2.24, 2.45) is 5.73 Å². The topological polar surface area (TPSA) is 64.8 Å². The highest BCUT2D eigenvalue weighted by molar-refractivity contribution is 5.69. The number of amides is 1. The van der Waals surface area contributed by atoms with Crippen LogP contribution in [0.15, 0.2) is 0 Å². The third kappa shape index (κ3) is 3.35. The van der Waals surface area contributed by atoms with Gasteiger partial charge in [-0.15, -0.1) is 0 Å². The lowest BCUT2D eigenvalue weighted by Gasteiger charge is -2.41. The second-order valence-corrected chi connectivity index (χ2v) is 5.16. The van der Waals surface area contributed by atoms with E-state index in [1.165, 1.54) is 0 Å². The van der Waals surface area contributed by atoms with Crippen LogP contribution in [0.3, 0.4) is 0 Å². The van der Waals surface area contributed by atoms with Crippen molar-refractivity contribution < 1.29 is 14.3 Å². The molecular weight excluding hydrogens is 208 g/mol. The van der Waals surface area contributed by atoms with E-state index < -0.39 is 5.60 Å². The summed E-state index contributed by atoms with van der Waals surface area (Å²) in [4.78, 5) is 13.7. The average molecular weight is 230 g/mol. The Labute approximate surface area is 96.9 Å². The van der Waals surface area contributed by atoms with Crippen LogP contribution in [0.2, 0.25) is 0 Å². The van der Waals surface area contributed by atoms with Crippen LogP contribution in [0, 0.1) is 0 Å². The summed E-state index contributed by atoms with van der Waals surface area (Å²) in [5.74, 6) is 0. The first-order valence-electron chi connectivity index (χ1n) is 5.64. The molecule has 94 valence electrons. The average Bonchev–Trinajstić information content (AvgIpc) is 2.06. The van der Waals surface area contributed by atoms with Gasteiger partial charge in [0, 0.05) is 12.6 Å². The van der Waals surface area contributed by atoms with Gasteiger partial charge in [-0.3, -0.25) is 4.90 Å². The fraction of sp³-hybridized carbons (Fsp3) is 0.909. The Morgan fingerprint density at radius 1 is 1.56 bits per heavy atom. The van der Waals surface area contributed by atoms with Gasteiger partial charge in [0.25, 0.3) is 0 Å². The van der Waals surface area contributed by atoms with Gasteiger partial charge in [0.05, 0.1) is 19.3 Å². The van der Waals surface area contributed by atoms with E-state index in [0.29, 0.717) is 19.8 Å². The summed E-state index contributed by atoms with van der Waals surface area (Å²) in [6.45, 7) is 9.06. The van der Waals surface area contributed by atoms with Gasteiger partial charge in [0.15, 0.2) is 0 Å². The predicted molar refractivity (Wildman–Crippen MR) is 61.2 cm³/mol. The van der Waals surface area contributed by atoms with Gasteiger partial charge in [-0.05, 0) is 27.7 Å². The number of carbonyl (C=O) groups is 1. The molecule has 16 heavy (non-hydrogen) atoms. The highest BCUT2D eigenvalue weighted by Gasteiger charge is 2.35. The number of nitrogens with zero attached hydrogens (tertiary/aromatic N) is 1. The molecule has 1 heterocycles. The third-order valence-corrected chi connectivity index (χ3v) is 2.43. The quantitative estimate of drug-likeness (QED) is 0.784. The van der Waals surface area contributed by atoms with E-state index in [1.807, 2.05) is 27.7 Å². The maximum Gasteiger partial charge on any atom is 0.410 e. The Hall–Kier alpha value is -0.810. The predicted octanol–water partition coefficient (Wildman–Crippen LogP) is 0.969. The largest absolute Gasteiger partial charge is 0.444 e. The van der Waals surface area contributed by atoms with Crippen molar-refractivity contribution >= 4 is 6.09 Å². The molecule has 0 radical (unpaired) electrons. The molecule has 1 aliphatic rings. The maximum absolute atomic E-state index is 12.0. The molecule has 0 aromatic heterocycles.